The van der Waals surface area contributed by atoms with Crippen molar-refractivity contribution in [1.29, 1.82) is 0 Å². The van der Waals surface area contributed by atoms with Crippen LogP contribution < -0.4 is 0 Å². The van der Waals surface area contributed by atoms with Crippen molar-refractivity contribution in [2.45, 2.75) is 13.2 Å². The van der Waals surface area contributed by atoms with Gasteiger partial charge < -0.3 is 5.11 Å². The summed E-state index contributed by atoms with van der Waals surface area (Å²) in [4.78, 5) is 0. The first kappa shape index (κ1) is 8.89. The minimum absolute atomic E-state index is 0.0144. The second-order valence-electron chi connectivity index (χ2n) is 3.09. The van der Waals surface area contributed by atoms with Gasteiger partial charge in [0.2, 0.25) is 0 Å². The zero-order chi connectivity index (χ0) is 9.97. The zero-order valence-electron chi connectivity index (χ0n) is 7.83. The SMILES string of the molecule is Cn1cc(Cn2cc(CO)cn2)nn1. The minimum Gasteiger partial charge on any atom is -0.392 e. The number of rotatable bonds is 3. The fourth-order valence-corrected chi connectivity index (χ4v) is 1.21. The van der Waals surface area contributed by atoms with Gasteiger partial charge in [0.25, 0.3) is 0 Å². The van der Waals surface area contributed by atoms with E-state index >= 15 is 0 Å². The van der Waals surface area contributed by atoms with Crippen molar-refractivity contribution in [1.82, 2.24) is 24.8 Å². The molecule has 0 aliphatic carbocycles. The van der Waals surface area contributed by atoms with Crippen molar-refractivity contribution in [3.63, 3.8) is 0 Å². The molecule has 0 radical (unpaired) electrons. The van der Waals surface area contributed by atoms with Crippen molar-refractivity contribution in [2.24, 2.45) is 7.05 Å². The van der Waals surface area contributed by atoms with Gasteiger partial charge in [0.1, 0.15) is 5.69 Å². The molecule has 14 heavy (non-hydrogen) atoms. The van der Waals surface area contributed by atoms with Crippen molar-refractivity contribution < 1.29 is 5.11 Å². The van der Waals surface area contributed by atoms with Gasteiger partial charge in [0.05, 0.1) is 19.3 Å². The van der Waals surface area contributed by atoms with Gasteiger partial charge in [0.15, 0.2) is 0 Å². The van der Waals surface area contributed by atoms with Crippen LogP contribution in [0.1, 0.15) is 11.3 Å². The molecule has 74 valence electrons. The third kappa shape index (κ3) is 1.80. The van der Waals surface area contributed by atoms with E-state index in [1.807, 2.05) is 13.2 Å². The minimum atomic E-state index is 0.0144. The molecular weight excluding hydrogens is 182 g/mol. The Morgan fingerprint density at radius 1 is 1.43 bits per heavy atom. The Balaban J connectivity index is 2.10. The van der Waals surface area contributed by atoms with Crippen molar-refractivity contribution in [2.75, 3.05) is 0 Å². The maximum Gasteiger partial charge on any atom is 0.104 e. The molecule has 0 fully saturated rings. The third-order valence-electron chi connectivity index (χ3n) is 1.84. The zero-order valence-corrected chi connectivity index (χ0v) is 7.83. The van der Waals surface area contributed by atoms with Gasteiger partial charge in [-0.3, -0.25) is 9.36 Å². The molecule has 0 aliphatic rings. The summed E-state index contributed by atoms with van der Waals surface area (Å²) in [5.74, 6) is 0. The Bertz CT molecular complexity index is 419. The summed E-state index contributed by atoms with van der Waals surface area (Å²) in [7, 11) is 1.82. The van der Waals surface area contributed by atoms with Gasteiger partial charge in [0, 0.05) is 25.0 Å². The molecule has 0 unspecified atom stereocenters. The van der Waals surface area contributed by atoms with Gasteiger partial charge in [-0.15, -0.1) is 5.10 Å². The fourth-order valence-electron chi connectivity index (χ4n) is 1.21. The third-order valence-corrected chi connectivity index (χ3v) is 1.84. The summed E-state index contributed by atoms with van der Waals surface area (Å²) >= 11 is 0. The Kier molecular flexibility index (Phi) is 2.28. The van der Waals surface area contributed by atoms with E-state index in [4.69, 9.17) is 5.11 Å². The maximum atomic E-state index is 8.84. The van der Waals surface area contributed by atoms with Crippen LogP contribution in [0, 0.1) is 0 Å². The van der Waals surface area contributed by atoms with Crippen LogP contribution >= 0.6 is 0 Å². The summed E-state index contributed by atoms with van der Waals surface area (Å²) in [6.45, 7) is 0.592. The Morgan fingerprint density at radius 2 is 2.29 bits per heavy atom. The van der Waals surface area contributed by atoms with Crippen molar-refractivity contribution >= 4 is 0 Å². The highest BCUT2D eigenvalue weighted by atomic mass is 16.3. The van der Waals surface area contributed by atoms with Crippen LogP contribution in [0.25, 0.3) is 0 Å². The van der Waals surface area contributed by atoms with Crippen LogP contribution in [-0.4, -0.2) is 29.9 Å². The predicted octanol–water partition coefficient (Wildman–Crippen LogP) is -0.448. The molecule has 1 N–H and O–H groups in total. The predicted molar refractivity (Wildman–Crippen MR) is 48.3 cm³/mol. The largest absolute Gasteiger partial charge is 0.392 e. The highest BCUT2D eigenvalue weighted by Crippen LogP contribution is 2.00. The summed E-state index contributed by atoms with van der Waals surface area (Å²) in [5.41, 5.74) is 1.65. The van der Waals surface area contributed by atoms with Crippen LogP contribution in [-0.2, 0) is 20.2 Å². The fraction of sp³-hybridized carbons (Fsp3) is 0.375. The highest BCUT2D eigenvalue weighted by Gasteiger charge is 2.01. The molecule has 0 aliphatic heterocycles. The van der Waals surface area contributed by atoms with E-state index in [1.165, 1.54) is 0 Å². The first-order valence-corrected chi connectivity index (χ1v) is 4.25. The van der Waals surface area contributed by atoms with E-state index in [1.54, 1.807) is 21.8 Å². The molecule has 0 bridgehead atoms. The van der Waals surface area contributed by atoms with E-state index in [9.17, 15) is 0 Å². The Hall–Kier alpha value is -1.69. The van der Waals surface area contributed by atoms with Crippen LogP contribution in [0.3, 0.4) is 0 Å². The molecular formula is C8H11N5O. The number of aliphatic hydroxyl groups excluding tert-OH is 1. The van der Waals surface area contributed by atoms with Crippen molar-refractivity contribution in [3.05, 3.63) is 29.8 Å². The van der Waals surface area contributed by atoms with Crippen LogP contribution in [0.15, 0.2) is 18.6 Å². The molecule has 6 heteroatoms. The lowest BCUT2D eigenvalue weighted by atomic mass is 10.4. The average molecular weight is 193 g/mol. The highest BCUT2D eigenvalue weighted by molar-refractivity contribution is 5.03. The van der Waals surface area contributed by atoms with E-state index in [0.29, 0.717) is 6.54 Å². The Labute approximate surface area is 80.8 Å². The van der Waals surface area contributed by atoms with Gasteiger partial charge in [-0.2, -0.15) is 5.10 Å². The average Bonchev–Trinajstić information content (AvgIpc) is 2.76. The van der Waals surface area contributed by atoms with Crippen LogP contribution in [0.5, 0.6) is 0 Å². The van der Waals surface area contributed by atoms with Crippen LogP contribution in [0.2, 0.25) is 0 Å². The standard InChI is InChI=1S/C8H11N5O/c1-12-4-8(10-11-12)5-13-3-7(6-14)2-9-13/h2-4,14H,5-6H2,1H3. The normalized spacial score (nSPS) is 10.7. The molecule has 0 aromatic carbocycles. The summed E-state index contributed by atoms with van der Waals surface area (Å²) < 4.78 is 3.36. The lowest BCUT2D eigenvalue weighted by molar-refractivity contribution is 0.281. The quantitative estimate of drug-likeness (QED) is 0.717. The molecule has 0 saturated heterocycles. The molecule has 2 rings (SSSR count). The van der Waals surface area contributed by atoms with Gasteiger partial charge in [-0.25, -0.2) is 0 Å². The lowest BCUT2D eigenvalue weighted by Gasteiger charge is -1.94. The molecule has 0 amide bonds. The van der Waals surface area contributed by atoms with E-state index < -0.39 is 0 Å². The maximum absolute atomic E-state index is 8.84. The second-order valence-corrected chi connectivity index (χ2v) is 3.09. The van der Waals surface area contributed by atoms with E-state index in [2.05, 4.69) is 15.4 Å². The lowest BCUT2D eigenvalue weighted by Crippen LogP contribution is -2.00. The van der Waals surface area contributed by atoms with Crippen molar-refractivity contribution in [3.8, 4) is 0 Å². The number of hydrogen-bond acceptors (Lipinski definition) is 4. The number of hydrogen-bond donors (Lipinski definition) is 1. The summed E-state index contributed by atoms with van der Waals surface area (Å²) in [5, 5.41) is 20.7. The topological polar surface area (TPSA) is 68.8 Å². The summed E-state index contributed by atoms with van der Waals surface area (Å²) in [6, 6.07) is 0. The van der Waals surface area contributed by atoms with E-state index in [0.717, 1.165) is 11.3 Å². The monoisotopic (exact) mass is 193 g/mol. The number of aryl methyl sites for hydroxylation is 1. The van der Waals surface area contributed by atoms with Gasteiger partial charge >= 0.3 is 0 Å². The van der Waals surface area contributed by atoms with E-state index in [-0.39, 0.29) is 6.61 Å². The number of aliphatic hydroxyl groups is 1. The first-order chi connectivity index (χ1) is 6.78. The van der Waals surface area contributed by atoms with Gasteiger partial charge in [-0.05, 0) is 0 Å². The summed E-state index contributed by atoms with van der Waals surface area (Å²) in [6.07, 6.45) is 5.26. The molecule has 2 aromatic heterocycles. The molecule has 0 atom stereocenters. The number of nitrogens with zero attached hydrogens (tertiary/aromatic N) is 5. The molecule has 0 saturated carbocycles. The first-order valence-electron chi connectivity index (χ1n) is 4.25. The molecule has 0 spiro atoms. The number of aromatic nitrogens is 5. The smallest absolute Gasteiger partial charge is 0.104 e. The second kappa shape index (κ2) is 3.59. The Morgan fingerprint density at radius 3 is 2.86 bits per heavy atom. The molecule has 6 nitrogen and oxygen atoms in total. The van der Waals surface area contributed by atoms with Gasteiger partial charge in [-0.1, -0.05) is 5.21 Å². The molecule has 2 aromatic rings. The van der Waals surface area contributed by atoms with Crippen LogP contribution in [0.4, 0.5) is 0 Å². The molecule has 2 heterocycles.